The number of nitrogens with zero attached hydrogens (tertiary/aromatic N) is 1. The topological polar surface area (TPSA) is 66.8 Å². The third kappa shape index (κ3) is 3.64. The lowest BCUT2D eigenvalue weighted by atomic mass is 9.74. The summed E-state index contributed by atoms with van der Waals surface area (Å²) in [7, 11) is 0. The maximum absolute atomic E-state index is 12.5. The molecule has 0 unspecified atom stereocenters. The van der Waals surface area contributed by atoms with Crippen LogP contribution >= 0.6 is 0 Å². The molecule has 0 aliphatic carbocycles. The first-order valence-corrected chi connectivity index (χ1v) is 7.02. The fourth-order valence-corrected chi connectivity index (χ4v) is 3.26. The lowest BCUT2D eigenvalue weighted by Gasteiger charge is -2.54. The second kappa shape index (κ2) is 4.93. The number of rotatable bonds is 1. The molecular formula is C15H27NO4. The van der Waals surface area contributed by atoms with Crippen molar-refractivity contribution in [1.82, 2.24) is 4.90 Å². The Morgan fingerprint density at radius 3 is 1.80 bits per heavy atom. The molecule has 1 rings (SSSR count). The van der Waals surface area contributed by atoms with Crippen LogP contribution in [0.5, 0.6) is 0 Å². The highest BCUT2D eigenvalue weighted by molar-refractivity contribution is 5.74. The molecule has 0 spiro atoms. The number of carboxylic acids is 1. The Morgan fingerprint density at radius 2 is 1.50 bits per heavy atom. The summed E-state index contributed by atoms with van der Waals surface area (Å²) in [6.07, 6.45) is 0.493. The summed E-state index contributed by atoms with van der Waals surface area (Å²) in [4.78, 5) is 25.5. The minimum absolute atomic E-state index is 0.378. The molecule has 0 radical (unpaired) electrons. The highest BCUT2D eigenvalue weighted by atomic mass is 16.6. The molecule has 0 aromatic rings. The van der Waals surface area contributed by atoms with E-state index < -0.39 is 28.6 Å². The fraction of sp³-hybridized carbons (Fsp3) is 0.867. The van der Waals surface area contributed by atoms with Gasteiger partial charge in [-0.05, 0) is 61.3 Å². The summed E-state index contributed by atoms with van der Waals surface area (Å²) in [5.74, 6) is -1.23. The van der Waals surface area contributed by atoms with Gasteiger partial charge in [0.05, 0.1) is 5.92 Å². The third-order valence-corrected chi connectivity index (χ3v) is 3.63. The molecule has 1 N–H and O–H groups in total. The van der Waals surface area contributed by atoms with Crippen LogP contribution in [-0.2, 0) is 9.53 Å². The monoisotopic (exact) mass is 285 g/mol. The van der Waals surface area contributed by atoms with E-state index in [-0.39, 0.29) is 6.09 Å². The number of hydrogen-bond donors (Lipinski definition) is 1. The number of carboxylic acid groups (broad SMARTS) is 1. The molecule has 5 nitrogen and oxygen atoms in total. The SMILES string of the molecule is CC(C)(C)OC(=O)N1C(C)(C)CC(C(=O)O)CC1(C)C. The zero-order valence-corrected chi connectivity index (χ0v) is 13.6. The van der Waals surface area contributed by atoms with Crippen molar-refractivity contribution in [3.63, 3.8) is 0 Å². The van der Waals surface area contributed by atoms with Crippen LogP contribution in [-0.4, -0.2) is 38.7 Å². The quantitative estimate of drug-likeness (QED) is 0.803. The van der Waals surface area contributed by atoms with Crippen molar-refractivity contribution in [3.8, 4) is 0 Å². The molecule has 5 heteroatoms. The Kier molecular flexibility index (Phi) is 4.14. The van der Waals surface area contributed by atoms with Crippen LogP contribution in [0.3, 0.4) is 0 Å². The molecule has 0 aromatic carbocycles. The summed E-state index contributed by atoms with van der Waals surface area (Å²) in [6.45, 7) is 13.1. The second-order valence-corrected chi connectivity index (χ2v) is 7.88. The summed E-state index contributed by atoms with van der Waals surface area (Å²) < 4.78 is 5.48. The van der Waals surface area contributed by atoms with Gasteiger partial charge >= 0.3 is 12.1 Å². The van der Waals surface area contributed by atoms with E-state index in [0.717, 1.165) is 0 Å². The van der Waals surface area contributed by atoms with Crippen molar-refractivity contribution in [2.45, 2.75) is 78.0 Å². The molecule has 0 atom stereocenters. The molecule has 0 bridgehead atoms. The smallest absolute Gasteiger partial charge is 0.411 e. The molecular weight excluding hydrogens is 258 g/mol. The van der Waals surface area contributed by atoms with Crippen LogP contribution in [0, 0.1) is 5.92 Å². The van der Waals surface area contributed by atoms with Gasteiger partial charge < -0.3 is 9.84 Å². The van der Waals surface area contributed by atoms with Gasteiger partial charge in [0, 0.05) is 11.1 Å². The first-order valence-electron chi connectivity index (χ1n) is 7.02. The standard InChI is InChI=1S/C15H27NO4/c1-13(2,3)20-12(19)16-14(4,5)8-10(11(17)18)9-15(16,6)7/h10H,8-9H2,1-7H3,(H,17,18). The summed E-state index contributed by atoms with van der Waals surface area (Å²) in [6, 6.07) is 0. The number of carbonyl (C=O) groups excluding carboxylic acids is 1. The Balaban J connectivity index is 3.06. The minimum atomic E-state index is -0.796. The number of aliphatic carboxylic acids is 1. The van der Waals surface area contributed by atoms with Crippen molar-refractivity contribution in [1.29, 1.82) is 0 Å². The van der Waals surface area contributed by atoms with Gasteiger partial charge in [-0.15, -0.1) is 0 Å². The van der Waals surface area contributed by atoms with E-state index in [9.17, 15) is 14.7 Å². The highest BCUT2D eigenvalue weighted by Crippen LogP contribution is 2.42. The van der Waals surface area contributed by atoms with Crippen molar-refractivity contribution in [3.05, 3.63) is 0 Å². The zero-order chi connectivity index (χ0) is 15.9. The summed E-state index contributed by atoms with van der Waals surface area (Å²) >= 11 is 0. The average Bonchev–Trinajstić information content (AvgIpc) is 2.09. The first kappa shape index (κ1) is 16.8. The number of carbonyl (C=O) groups is 2. The van der Waals surface area contributed by atoms with Crippen molar-refractivity contribution in [2.75, 3.05) is 0 Å². The van der Waals surface area contributed by atoms with Gasteiger partial charge in [-0.3, -0.25) is 9.69 Å². The van der Waals surface area contributed by atoms with Gasteiger partial charge in [-0.1, -0.05) is 0 Å². The van der Waals surface area contributed by atoms with E-state index in [2.05, 4.69) is 0 Å². The van der Waals surface area contributed by atoms with Gasteiger partial charge in [0.25, 0.3) is 0 Å². The number of piperidine rings is 1. The fourth-order valence-electron chi connectivity index (χ4n) is 3.26. The number of ether oxygens (including phenoxy) is 1. The van der Waals surface area contributed by atoms with Crippen LogP contribution in [0.2, 0.25) is 0 Å². The molecule has 0 saturated carbocycles. The van der Waals surface area contributed by atoms with E-state index >= 15 is 0 Å². The normalized spacial score (nSPS) is 22.4. The van der Waals surface area contributed by atoms with E-state index in [4.69, 9.17) is 4.74 Å². The van der Waals surface area contributed by atoms with Crippen LogP contribution < -0.4 is 0 Å². The van der Waals surface area contributed by atoms with Crippen molar-refractivity contribution >= 4 is 12.1 Å². The van der Waals surface area contributed by atoms with Crippen LogP contribution in [0.1, 0.15) is 61.3 Å². The molecule has 20 heavy (non-hydrogen) atoms. The molecule has 1 aliphatic heterocycles. The van der Waals surface area contributed by atoms with E-state index in [1.165, 1.54) is 0 Å². The van der Waals surface area contributed by atoms with Gasteiger partial charge in [-0.25, -0.2) is 4.79 Å². The Bertz CT molecular complexity index is 389. The molecule has 116 valence electrons. The first-order chi connectivity index (χ1) is 8.76. The lowest BCUT2D eigenvalue weighted by Crippen LogP contribution is -2.64. The molecule has 1 heterocycles. The molecule has 1 aliphatic rings. The minimum Gasteiger partial charge on any atom is -0.481 e. The Labute approximate surface area is 121 Å². The van der Waals surface area contributed by atoms with Gasteiger partial charge in [-0.2, -0.15) is 0 Å². The molecule has 1 amide bonds. The van der Waals surface area contributed by atoms with Crippen LogP contribution in [0.25, 0.3) is 0 Å². The van der Waals surface area contributed by atoms with E-state index in [0.29, 0.717) is 12.8 Å². The largest absolute Gasteiger partial charge is 0.481 e. The van der Waals surface area contributed by atoms with Crippen molar-refractivity contribution < 1.29 is 19.4 Å². The molecule has 0 aromatic heterocycles. The number of likely N-dealkylation sites (tertiary alicyclic amines) is 1. The number of amides is 1. The Morgan fingerprint density at radius 1 is 1.10 bits per heavy atom. The van der Waals surface area contributed by atoms with Crippen molar-refractivity contribution in [2.24, 2.45) is 5.92 Å². The maximum atomic E-state index is 12.5. The summed E-state index contributed by atoms with van der Waals surface area (Å²) in [5.41, 5.74) is -1.66. The number of hydrogen-bond acceptors (Lipinski definition) is 3. The van der Waals surface area contributed by atoms with Crippen LogP contribution in [0.15, 0.2) is 0 Å². The van der Waals surface area contributed by atoms with E-state index in [1.54, 1.807) is 4.90 Å². The predicted molar refractivity (Wildman–Crippen MR) is 76.6 cm³/mol. The zero-order valence-electron chi connectivity index (χ0n) is 13.6. The highest BCUT2D eigenvalue weighted by Gasteiger charge is 2.50. The van der Waals surface area contributed by atoms with Crippen LogP contribution in [0.4, 0.5) is 4.79 Å². The van der Waals surface area contributed by atoms with Gasteiger partial charge in [0.1, 0.15) is 5.60 Å². The molecule has 1 fully saturated rings. The predicted octanol–water partition coefficient (Wildman–Crippen LogP) is 3.28. The van der Waals surface area contributed by atoms with E-state index in [1.807, 2.05) is 48.5 Å². The second-order valence-electron chi connectivity index (χ2n) is 7.88. The maximum Gasteiger partial charge on any atom is 0.411 e. The van der Waals surface area contributed by atoms with Gasteiger partial charge in [0.2, 0.25) is 0 Å². The average molecular weight is 285 g/mol. The lowest BCUT2D eigenvalue weighted by molar-refractivity contribution is -0.149. The van der Waals surface area contributed by atoms with Gasteiger partial charge in [0.15, 0.2) is 0 Å². The Hall–Kier alpha value is -1.26. The summed E-state index contributed by atoms with van der Waals surface area (Å²) in [5, 5.41) is 9.28. The third-order valence-electron chi connectivity index (χ3n) is 3.63. The molecule has 1 saturated heterocycles.